The van der Waals surface area contributed by atoms with Gasteiger partial charge in [-0.2, -0.15) is 0 Å². The molecule has 42 heavy (non-hydrogen) atoms. The van der Waals surface area contributed by atoms with Crippen LogP contribution in [0.4, 0.5) is 0 Å². The number of fused-ring (bicyclic) bond motifs is 6. The summed E-state index contributed by atoms with van der Waals surface area (Å²) in [4.78, 5) is 10.4. The van der Waals surface area contributed by atoms with Crippen LogP contribution in [0.3, 0.4) is 0 Å². The van der Waals surface area contributed by atoms with Crippen LogP contribution >= 0.6 is 0 Å². The maximum atomic E-state index is 5.23. The molecule has 8 rings (SSSR count). The van der Waals surface area contributed by atoms with Crippen LogP contribution in [-0.4, -0.2) is 9.97 Å². The Labute approximate surface area is 247 Å². The van der Waals surface area contributed by atoms with Crippen molar-refractivity contribution in [1.82, 2.24) is 9.97 Å². The highest BCUT2D eigenvalue weighted by atomic mass is 14.9. The minimum atomic E-state index is -0.0810. The molecule has 0 N–H and O–H groups in total. The normalized spacial score (nSPS) is 15.0. The summed E-state index contributed by atoms with van der Waals surface area (Å²) in [6.07, 6.45) is 0. The zero-order valence-corrected chi connectivity index (χ0v) is 24.4. The quantitative estimate of drug-likeness (QED) is 0.223. The van der Waals surface area contributed by atoms with E-state index >= 15 is 0 Å². The van der Waals surface area contributed by atoms with Crippen molar-refractivity contribution in [1.29, 1.82) is 0 Å². The highest BCUT2D eigenvalue weighted by Crippen LogP contribution is 2.51. The molecule has 0 fully saturated rings. The zero-order chi connectivity index (χ0) is 28.6. The number of rotatable bonds is 3. The van der Waals surface area contributed by atoms with Crippen molar-refractivity contribution in [3.8, 4) is 56.2 Å². The van der Waals surface area contributed by atoms with E-state index in [1.165, 1.54) is 44.5 Å². The molecule has 1 heterocycles. The molecule has 0 amide bonds. The second kappa shape index (κ2) is 8.84. The zero-order valence-electron chi connectivity index (χ0n) is 24.4. The Bertz CT molecular complexity index is 1910. The predicted molar refractivity (Wildman–Crippen MR) is 173 cm³/mol. The fourth-order valence-corrected chi connectivity index (χ4v) is 7.19. The number of benzene rings is 5. The molecule has 0 aliphatic heterocycles. The van der Waals surface area contributed by atoms with Crippen molar-refractivity contribution in [3.63, 3.8) is 0 Å². The lowest BCUT2D eigenvalue weighted by Crippen LogP contribution is -2.15. The molecule has 0 radical (unpaired) electrons. The van der Waals surface area contributed by atoms with Crippen LogP contribution in [0.15, 0.2) is 121 Å². The van der Waals surface area contributed by atoms with Crippen molar-refractivity contribution < 1.29 is 0 Å². The van der Waals surface area contributed by atoms with E-state index in [1.807, 2.05) is 6.07 Å². The van der Waals surface area contributed by atoms with Gasteiger partial charge in [-0.25, -0.2) is 9.97 Å². The molecule has 0 atom stereocenters. The molecule has 1 aromatic heterocycles. The number of nitrogens with zero attached hydrogens (tertiary/aromatic N) is 2. The maximum absolute atomic E-state index is 5.23. The van der Waals surface area contributed by atoms with Crippen LogP contribution in [-0.2, 0) is 10.8 Å². The van der Waals surface area contributed by atoms with Crippen LogP contribution in [0.2, 0.25) is 0 Å². The van der Waals surface area contributed by atoms with Gasteiger partial charge in [0.25, 0.3) is 0 Å². The molecular weight excluding hydrogens is 508 g/mol. The van der Waals surface area contributed by atoms with E-state index in [-0.39, 0.29) is 10.8 Å². The Kier molecular flexibility index (Phi) is 5.25. The van der Waals surface area contributed by atoms with Crippen molar-refractivity contribution in [2.45, 2.75) is 38.5 Å². The highest BCUT2D eigenvalue weighted by Gasteiger charge is 2.36. The SMILES string of the molecule is CC1(C)c2ccccc2-c2ccc(-c3cc(-c4ccccc4)nc(-c4ccc5c(c4)C(C)(C)c4ccccc4-5)n3)cc21. The summed E-state index contributed by atoms with van der Waals surface area (Å²) in [5.74, 6) is 0.754. The molecule has 6 aromatic rings. The fourth-order valence-electron chi connectivity index (χ4n) is 7.19. The Hall–Kier alpha value is -4.82. The van der Waals surface area contributed by atoms with Crippen LogP contribution in [0, 0.1) is 0 Å². The summed E-state index contributed by atoms with van der Waals surface area (Å²) in [5.41, 5.74) is 15.7. The Morgan fingerprint density at radius 1 is 0.381 bits per heavy atom. The average molecular weight is 541 g/mol. The second-order valence-electron chi connectivity index (χ2n) is 12.7. The van der Waals surface area contributed by atoms with Crippen molar-refractivity contribution in [2.75, 3.05) is 0 Å². The van der Waals surface area contributed by atoms with Gasteiger partial charge in [-0.05, 0) is 62.7 Å². The molecule has 0 saturated carbocycles. The van der Waals surface area contributed by atoms with E-state index in [0.717, 1.165) is 33.9 Å². The monoisotopic (exact) mass is 540 g/mol. The molecule has 202 valence electrons. The lowest BCUT2D eigenvalue weighted by atomic mass is 9.82. The Morgan fingerprint density at radius 3 is 1.43 bits per heavy atom. The van der Waals surface area contributed by atoms with Gasteiger partial charge in [0, 0.05) is 27.5 Å². The summed E-state index contributed by atoms with van der Waals surface area (Å²) >= 11 is 0. The van der Waals surface area contributed by atoms with Crippen LogP contribution < -0.4 is 0 Å². The first-order chi connectivity index (χ1) is 20.3. The Morgan fingerprint density at radius 2 is 0.833 bits per heavy atom. The highest BCUT2D eigenvalue weighted by molar-refractivity contribution is 5.85. The molecule has 2 aliphatic carbocycles. The molecule has 2 heteroatoms. The molecule has 0 spiro atoms. The largest absolute Gasteiger partial charge is 0.228 e. The lowest BCUT2D eigenvalue weighted by Gasteiger charge is -2.22. The van der Waals surface area contributed by atoms with Gasteiger partial charge in [-0.1, -0.05) is 131 Å². The second-order valence-corrected chi connectivity index (χ2v) is 12.7. The standard InChI is InChI=1S/C40H32N2/c1-39(2)32-16-10-8-14-28(32)30-20-18-26(22-34(30)39)37-24-36(25-12-6-5-7-13-25)41-38(42-37)27-19-21-31-29-15-9-11-17-33(29)40(3,4)35(31)23-27/h5-24H,1-4H3. The van der Waals surface area contributed by atoms with E-state index in [4.69, 9.17) is 9.97 Å². The third-order valence-corrected chi connectivity index (χ3v) is 9.52. The van der Waals surface area contributed by atoms with E-state index in [2.05, 4.69) is 143 Å². The number of aromatic nitrogens is 2. The van der Waals surface area contributed by atoms with Crippen molar-refractivity contribution in [3.05, 3.63) is 144 Å². The summed E-state index contributed by atoms with van der Waals surface area (Å²) in [6.45, 7) is 9.29. The number of hydrogen-bond acceptors (Lipinski definition) is 2. The topological polar surface area (TPSA) is 25.8 Å². The first-order valence-electron chi connectivity index (χ1n) is 14.8. The summed E-state index contributed by atoms with van der Waals surface area (Å²) in [6, 6.07) is 43.7. The van der Waals surface area contributed by atoms with Gasteiger partial charge < -0.3 is 0 Å². The minimum absolute atomic E-state index is 0.0688. The molecule has 0 bridgehead atoms. The van der Waals surface area contributed by atoms with Gasteiger partial charge in [0.15, 0.2) is 5.82 Å². The summed E-state index contributed by atoms with van der Waals surface area (Å²) < 4.78 is 0. The van der Waals surface area contributed by atoms with Gasteiger partial charge in [0.05, 0.1) is 11.4 Å². The van der Waals surface area contributed by atoms with Crippen molar-refractivity contribution >= 4 is 0 Å². The van der Waals surface area contributed by atoms with E-state index < -0.39 is 0 Å². The predicted octanol–water partition coefficient (Wildman–Crippen LogP) is 10.1. The summed E-state index contributed by atoms with van der Waals surface area (Å²) in [5, 5.41) is 0. The first-order valence-corrected chi connectivity index (χ1v) is 14.8. The van der Waals surface area contributed by atoms with Crippen LogP contribution in [0.1, 0.15) is 49.9 Å². The maximum Gasteiger partial charge on any atom is 0.160 e. The molecule has 0 saturated heterocycles. The number of hydrogen-bond donors (Lipinski definition) is 0. The van der Waals surface area contributed by atoms with Gasteiger partial charge in [0.1, 0.15) is 0 Å². The Balaban J connectivity index is 1.30. The van der Waals surface area contributed by atoms with Crippen molar-refractivity contribution in [2.24, 2.45) is 0 Å². The summed E-state index contributed by atoms with van der Waals surface area (Å²) in [7, 11) is 0. The van der Waals surface area contributed by atoms with Gasteiger partial charge in [0.2, 0.25) is 0 Å². The van der Waals surface area contributed by atoms with Gasteiger partial charge in [-0.15, -0.1) is 0 Å². The fraction of sp³-hybridized carbons (Fsp3) is 0.150. The molecular formula is C40H32N2. The van der Waals surface area contributed by atoms with Gasteiger partial charge >= 0.3 is 0 Å². The van der Waals surface area contributed by atoms with Crippen LogP contribution in [0.5, 0.6) is 0 Å². The van der Waals surface area contributed by atoms with E-state index in [0.29, 0.717) is 0 Å². The lowest BCUT2D eigenvalue weighted by molar-refractivity contribution is 0.660. The third-order valence-electron chi connectivity index (χ3n) is 9.52. The molecule has 0 unspecified atom stereocenters. The van der Waals surface area contributed by atoms with E-state index in [9.17, 15) is 0 Å². The minimum Gasteiger partial charge on any atom is -0.228 e. The van der Waals surface area contributed by atoms with Gasteiger partial charge in [-0.3, -0.25) is 0 Å². The average Bonchev–Trinajstić information content (AvgIpc) is 3.40. The molecule has 5 aromatic carbocycles. The molecule has 2 aliphatic rings. The first kappa shape index (κ1) is 24.9. The van der Waals surface area contributed by atoms with Crippen LogP contribution in [0.25, 0.3) is 56.2 Å². The smallest absolute Gasteiger partial charge is 0.160 e. The van der Waals surface area contributed by atoms with E-state index in [1.54, 1.807) is 0 Å². The third kappa shape index (κ3) is 3.58. The molecule has 2 nitrogen and oxygen atoms in total.